The normalized spacial score (nSPS) is 10.2. The highest BCUT2D eigenvalue weighted by Crippen LogP contribution is 2.27. The van der Waals surface area contributed by atoms with Gasteiger partial charge in [-0.3, -0.25) is 0 Å². The van der Waals surface area contributed by atoms with E-state index in [0.717, 1.165) is 0 Å². The van der Waals surface area contributed by atoms with Crippen molar-refractivity contribution in [3.8, 4) is 23.3 Å². The third kappa shape index (κ3) is 4.03. The number of hydrogen-bond donors (Lipinski definition) is 2. The molecule has 0 saturated carbocycles. The minimum absolute atomic E-state index is 0.0882. The van der Waals surface area contributed by atoms with Crippen LogP contribution < -0.4 is 9.47 Å². The summed E-state index contributed by atoms with van der Waals surface area (Å²) in [6.07, 6.45) is 0.366. The van der Waals surface area contributed by atoms with Crippen LogP contribution in [0, 0.1) is 0 Å². The van der Waals surface area contributed by atoms with Gasteiger partial charge in [-0.2, -0.15) is 4.98 Å². The number of aromatic hydroxyl groups is 2. The lowest BCUT2D eigenvalue weighted by atomic mass is 10.2. The first kappa shape index (κ1) is 16.4. The summed E-state index contributed by atoms with van der Waals surface area (Å²) in [4.78, 5) is 15.3. The van der Waals surface area contributed by atoms with Crippen molar-refractivity contribution in [3.05, 3.63) is 41.5 Å². The Morgan fingerprint density at radius 1 is 1.17 bits per heavy atom. The highest BCUT2D eigenvalue weighted by atomic mass is 16.5. The molecule has 1 aromatic heterocycles. The Morgan fingerprint density at radius 2 is 1.96 bits per heavy atom. The Morgan fingerprint density at radius 3 is 2.61 bits per heavy atom. The van der Waals surface area contributed by atoms with Gasteiger partial charge in [-0.05, 0) is 24.3 Å². The largest absolute Gasteiger partial charge is 0.504 e. The SMILES string of the molecule is COC(=O)c1ccc(O)c(OCCc2ccc(OC)nc2O)c1. The number of phenolic OH excluding ortho intramolecular Hbond substituents is 1. The van der Waals surface area contributed by atoms with Crippen molar-refractivity contribution in [2.24, 2.45) is 0 Å². The first-order chi connectivity index (χ1) is 11.0. The molecule has 7 nitrogen and oxygen atoms in total. The fourth-order valence-corrected chi connectivity index (χ4v) is 1.91. The molecule has 2 rings (SSSR count). The number of aromatic nitrogens is 1. The number of hydrogen-bond acceptors (Lipinski definition) is 7. The average molecular weight is 319 g/mol. The van der Waals surface area contributed by atoms with Crippen molar-refractivity contribution < 1.29 is 29.2 Å². The van der Waals surface area contributed by atoms with Crippen molar-refractivity contribution in [2.75, 3.05) is 20.8 Å². The summed E-state index contributed by atoms with van der Waals surface area (Å²) in [6, 6.07) is 7.49. The molecule has 2 aromatic rings. The van der Waals surface area contributed by atoms with E-state index < -0.39 is 5.97 Å². The summed E-state index contributed by atoms with van der Waals surface area (Å²) < 4.78 is 15.0. The third-order valence-electron chi connectivity index (χ3n) is 3.15. The number of esters is 1. The summed E-state index contributed by atoms with van der Waals surface area (Å²) >= 11 is 0. The second-order valence-electron chi connectivity index (χ2n) is 4.61. The molecule has 0 unspecified atom stereocenters. The van der Waals surface area contributed by atoms with E-state index in [-0.39, 0.29) is 29.5 Å². The molecule has 0 fully saturated rings. The number of carbonyl (C=O) groups is 1. The summed E-state index contributed by atoms with van der Waals surface area (Å²) in [5.74, 6) is -0.272. The Bertz CT molecular complexity index is 701. The molecular weight excluding hydrogens is 302 g/mol. The van der Waals surface area contributed by atoms with Gasteiger partial charge in [0.15, 0.2) is 11.5 Å². The van der Waals surface area contributed by atoms with Crippen LogP contribution in [0.1, 0.15) is 15.9 Å². The predicted molar refractivity (Wildman–Crippen MR) is 81.1 cm³/mol. The van der Waals surface area contributed by atoms with E-state index in [9.17, 15) is 15.0 Å². The van der Waals surface area contributed by atoms with Gasteiger partial charge in [0, 0.05) is 18.1 Å². The van der Waals surface area contributed by atoms with Gasteiger partial charge in [-0.25, -0.2) is 4.79 Å². The van der Waals surface area contributed by atoms with Crippen LogP contribution in [0.4, 0.5) is 0 Å². The van der Waals surface area contributed by atoms with E-state index >= 15 is 0 Å². The fourth-order valence-electron chi connectivity index (χ4n) is 1.91. The van der Waals surface area contributed by atoms with E-state index in [1.165, 1.54) is 32.4 Å². The topological polar surface area (TPSA) is 98.1 Å². The van der Waals surface area contributed by atoms with Crippen LogP contribution in [0.3, 0.4) is 0 Å². The smallest absolute Gasteiger partial charge is 0.337 e. The van der Waals surface area contributed by atoms with Gasteiger partial charge >= 0.3 is 5.97 Å². The minimum Gasteiger partial charge on any atom is -0.504 e. The molecule has 1 aromatic carbocycles. The summed E-state index contributed by atoms with van der Waals surface area (Å²) in [5, 5.41) is 19.5. The average Bonchev–Trinajstić information content (AvgIpc) is 2.57. The number of nitrogens with zero attached hydrogens (tertiary/aromatic N) is 1. The van der Waals surface area contributed by atoms with Crippen molar-refractivity contribution >= 4 is 5.97 Å². The molecule has 0 radical (unpaired) electrons. The van der Waals surface area contributed by atoms with Gasteiger partial charge in [0.25, 0.3) is 0 Å². The van der Waals surface area contributed by atoms with Crippen LogP contribution in [0.15, 0.2) is 30.3 Å². The molecule has 0 bridgehead atoms. The number of methoxy groups -OCH3 is 2. The maximum absolute atomic E-state index is 11.5. The molecule has 2 N–H and O–H groups in total. The monoisotopic (exact) mass is 319 g/mol. The van der Waals surface area contributed by atoms with E-state index in [4.69, 9.17) is 9.47 Å². The number of rotatable bonds is 6. The van der Waals surface area contributed by atoms with Gasteiger partial charge in [0.2, 0.25) is 11.8 Å². The zero-order valence-corrected chi connectivity index (χ0v) is 12.8. The molecule has 0 aliphatic heterocycles. The molecule has 0 aliphatic carbocycles. The van der Waals surface area contributed by atoms with Gasteiger partial charge in [0.05, 0.1) is 26.4 Å². The molecule has 23 heavy (non-hydrogen) atoms. The lowest BCUT2D eigenvalue weighted by molar-refractivity contribution is 0.0600. The van der Waals surface area contributed by atoms with Crippen LogP contribution in [0.25, 0.3) is 0 Å². The van der Waals surface area contributed by atoms with E-state index in [0.29, 0.717) is 17.9 Å². The second-order valence-corrected chi connectivity index (χ2v) is 4.61. The van der Waals surface area contributed by atoms with E-state index in [2.05, 4.69) is 9.72 Å². The van der Waals surface area contributed by atoms with E-state index in [1.54, 1.807) is 12.1 Å². The van der Waals surface area contributed by atoms with Gasteiger partial charge < -0.3 is 24.4 Å². The molecule has 0 aliphatic rings. The van der Waals surface area contributed by atoms with Crippen molar-refractivity contribution in [3.63, 3.8) is 0 Å². The molecule has 0 atom stereocenters. The van der Waals surface area contributed by atoms with Crippen LogP contribution in [0.2, 0.25) is 0 Å². The van der Waals surface area contributed by atoms with Crippen LogP contribution in [0.5, 0.6) is 23.3 Å². The van der Waals surface area contributed by atoms with Gasteiger partial charge in [-0.15, -0.1) is 0 Å². The summed E-state index contributed by atoms with van der Waals surface area (Å²) in [7, 11) is 2.73. The minimum atomic E-state index is -0.521. The molecule has 7 heteroatoms. The molecule has 0 saturated heterocycles. The number of ether oxygens (including phenoxy) is 3. The van der Waals surface area contributed by atoms with Crippen molar-refractivity contribution in [2.45, 2.75) is 6.42 Å². The Kier molecular flexibility index (Phi) is 5.24. The predicted octanol–water partition coefficient (Wildman–Crippen LogP) is 1.91. The van der Waals surface area contributed by atoms with Crippen LogP contribution >= 0.6 is 0 Å². The lowest BCUT2D eigenvalue weighted by Gasteiger charge is -2.10. The summed E-state index contributed by atoms with van der Waals surface area (Å²) in [6.45, 7) is 0.180. The zero-order valence-electron chi connectivity index (χ0n) is 12.8. The first-order valence-corrected chi connectivity index (χ1v) is 6.82. The highest BCUT2D eigenvalue weighted by Gasteiger charge is 2.11. The fraction of sp³-hybridized carbons (Fsp3) is 0.250. The van der Waals surface area contributed by atoms with Gasteiger partial charge in [0.1, 0.15) is 0 Å². The van der Waals surface area contributed by atoms with E-state index in [1.807, 2.05) is 0 Å². The third-order valence-corrected chi connectivity index (χ3v) is 3.15. The second kappa shape index (κ2) is 7.35. The molecule has 0 spiro atoms. The van der Waals surface area contributed by atoms with Crippen LogP contribution in [-0.4, -0.2) is 42.0 Å². The maximum Gasteiger partial charge on any atom is 0.337 e. The van der Waals surface area contributed by atoms with Crippen molar-refractivity contribution in [1.29, 1.82) is 0 Å². The maximum atomic E-state index is 11.5. The number of phenols is 1. The number of pyridine rings is 1. The molecule has 122 valence electrons. The zero-order chi connectivity index (χ0) is 16.8. The number of carbonyl (C=O) groups excluding carboxylic acids is 1. The molecule has 0 amide bonds. The Balaban J connectivity index is 2.02. The quantitative estimate of drug-likeness (QED) is 0.785. The molecule has 1 heterocycles. The van der Waals surface area contributed by atoms with Crippen molar-refractivity contribution in [1.82, 2.24) is 4.98 Å². The lowest BCUT2D eigenvalue weighted by Crippen LogP contribution is -2.05. The van der Waals surface area contributed by atoms with Crippen LogP contribution in [-0.2, 0) is 11.2 Å². The first-order valence-electron chi connectivity index (χ1n) is 6.82. The Hall–Kier alpha value is -2.96. The number of benzene rings is 1. The highest BCUT2D eigenvalue weighted by molar-refractivity contribution is 5.90. The summed E-state index contributed by atoms with van der Waals surface area (Å²) in [5.41, 5.74) is 0.851. The standard InChI is InChI=1S/C16H17NO6/c1-21-14-6-4-10(15(19)17-14)7-8-23-13-9-11(16(20)22-2)3-5-12(13)18/h3-6,9,18H,7-8H2,1-2H3,(H,17,19). The van der Waals surface area contributed by atoms with Gasteiger partial charge in [-0.1, -0.05) is 0 Å². The Labute approximate surface area is 133 Å². The molecular formula is C16H17NO6.